The predicted molar refractivity (Wildman–Crippen MR) is 106 cm³/mol. The molecule has 0 spiro atoms. The van der Waals surface area contributed by atoms with Crippen molar-refractivity contribution >= 4 is 40.0 Å². The number of thioether (sulfide) groups is 1. The molecule has 9 heteroatoms. The van der Waals surface area contributed by atoms with Crippen molar-refractivity contribution in [1.82, 2.24) is 9.55 Å². The van der Waals surface area contributed by atoms with E-state index < -0.39 is 4.92 Å². The number of methoxy groups -OCH3 is 1. The first kappa shape index (κ1) is 19.3. The number of aromatic nitrogens is 2. The lowest BCUT2D eigenvalue weighted by atomic mass is 10.2. The maximum atomic E-state index is 12.8. The molecule has 3 rings (SSSR count). The number of halogens is 1. The van der Waals surface area contributed by atoms with Gasteiger partial charge in [-0.05, 0) is 23.8 Å². The highest BCUT2D eigenvalue weighted by molar-refractivity contribution is 7.98. The molecule has 0 bridgehead atoms. The van der Waals surface area contributed by atoms with Gasteiger partial charge in [0, 0.05) is 30.0 Å². The quantitative estimate of drug-likeness (QED) is 0.256. The summed E-state index contributed by atoms with van der Waals surface area (Å²) in [6.07, 6.45) is 0. The van der Waals surface area contributed by atoms with E-state index in [-0.39, 0.29) is 11.2 Å². The highest BCUT2D eigenvalue weighted by Crippen LogP contribution is 2.25. The van der Waals surface area contributed by atoms with Gasteiger partial charge in [0.2, 0.25) is 0 Å². The Kier molecular flexibility index (Phi) is 6.10. The second kappa shape index (κ2) is 8.51. The predicted octanol–water partition coefficient (Wildman–Crippen LogP) is 3.90. The fraction of sp³-hybridized carbons (Fsp3) is 0.222. The molecule has 7 nitrogen and oxygen atoms in total. The Bertz CT molecular complexity index is 1050. The van der Waals surface area contributed by atoms with Gasteiger partial charge in [0.05, 0.1) is 29.0 Å². The number of hydrogen-bond donors (Lipinski definition) is 0. The number of rotatable bonds is 7. The van der Waals surface area contributed by atoms with Crippen molar-refractivity contribution in [1.29, 1.82) is 0 Å². The zero-order chi connectivity index (χ0) is 19.4. The fourth-order valence-corrected chi connectivity index (χ4v) is 3.71. The molecule has 0 fully saturated rings. The molecule has 0 saturated carbocycles. The zero-order valence-electron chi connectivity index (χ0n) is 14.4. The molecule has 1 aromatic heterocycles. The molecule has 0 N–H and O–H groups in total. The first-order valence-electron chi connectivity index (χ1n) is 8.05. The van der Waals surface area contributed by atoms with E-state index in [0.717, 1.165) is 5.56 Å². The molecular weight excluding hydrogens is 390 g/mol. The fourth-order valence-electron chi connectivity index (χ4n) is 2.57. The number of nitrogens with zero attached hydrogens (tertiary/aromatic N) is 3. The minimum atomic E-state index is -0.432. The van der Waals surface area contributed by atoms with Crippen LogP contribution >= 0.6 is 23.4 Å². The van der Waals surface area contributed by atoms with E-state index in [4.69, 9.17) is 16.3 Å². The average Bonchev–Trinajstić information content (AvgIpc) is 2.65. The number of benzene rings is 2. The van der Waals surface area contributed by atoms with E-state index in [2.05, 4.69) is 4.98 Å². The number of non-ortho nitro benzene ring substituents is 1. The minimum Gasteiger partial charge on any atom is -0.383 e. The standard InChI is InChI=1S/C18H16ClN3O4S/c1-26-8-7-21-17(23)15-6-5-13(19)10-16(15)20-18(21)27-11-12-3-2-4-14(9-12)22(24)25/h2-6,9-10H,7-8,11H2,1H3. The van der Waals surface area contributed by atoms with Crippen molar-refractivity contribution in [2.45, 2.75) is 17.5 Å². The second-order valence-corrected chi connectivity index (χ2v) is 7.10. The summed E-state index contributed by atoms with van der Waals surface area (Å²) in [7, 11) is 1.56. The highest BCUT2D eigenvalue weighted by atomic mass is 35.5. The topological polar surface area (TPSA) is 87.3 Å². The van der Waals surface area contributed by atoms with Crippen LogP contribution < -0.4 is 5.56 Å². The summed E-state index contributed by atoms with van der Waals surface area (Å²) in [5.74, 6) is 0.438. The van der Waals surface area contributed by atoms with E-state index in [1.807, 2.05) is 0 Å². The molecule has 0 atom stereocenters. The number of ether oxygens (including phenoxy) is 1. The van der Waals surface area contributed by atoms with Crippen LogP contribution in [-0.2, 0) is 17.0 Å². The maximum Gasteiger partial charge on any atom is 0.269 e. The van der Waals surface area contributed by atoms with Crippen LogP contribution in [0.5, 0.6) is 0 Å². The Balaban J connectivity index is 1.97. The van der Waals surface area contributed by atoms with Crippen molar-refractivity contribution in [3.05, 3.63) is 73.5 Å². The van der Waals surface area contributed by atoms with E-state index in [1.165, 1.54) is 23.9 Å². The number of hydrogen-bond acceptors (Lipinski definition) is 6. The molecule has 3 aromatic rings. The Morgan fingerprint density at radius 3 is 2.85 bits per heavy atom. The number of fused-ring (bicyclic) bond motifs is 1. The average molecular weight is 406 g/mol. The monoisotopic (exact) mass is 405 g/mol. The molecule has 1 heterocycles. The molecule has 2 aromatic carbocycles. The summed E-state index contributed by atoms with van der Waals surface area (Å²) in [5, 5.41) is 12.4. The summed E-state index contributed by atoms with van der Waals surface area (Å²) in [6.45, 7) is 0.725. The van der Waals surface area contributed by atoms with Crippen molar-refractivity contribution in [3.8, 4) is 0 Å². The van der Waals surface area contributed by atoms with Crippen molar-refractivity contribution in [2.75, 3.05) is 13.7 Å². The smallest absolute Gasteiger partial charge is 0.269 e. The lowest BCUT2D eigenvalue weighted by Crippen LogP contribution is -2.25. The van der Waals surface area contributed by atoms with Gasteiger partial charge in [0.25, 0.3) is 11.2 Å². The Labute approximate surface area is 164 Å². The normalized spacial score (nSPS) is 11.0. The summed E-state index contributed by atoms with van der Waals surface area (Å²) in [4.78, 5) is 27.9. The molecule has 0 amide bonds. The first-order chi connectivity index (χ1) is 13.0. The second-order valence-electron chi connectivity index (χ2n) is 5.72. The van der Waals surface area contributed by atoms with E-state index in [0.29, 0.717) is 40.0 Å². The minimum absolute atomic E-state index is 0.0307. The summed E-state index contributed by atoms with van der Waals surface area (Å²) < 4.78 is 6.66. The van der Waals surface area contributed by atoms with Crippen molar-refractivity contribution in [3.63, 3.8) is 0 Å². The highest BCUT2D eigenvalue weighted by Gasteiger charge is 2.13. The van der Waals surface area contributed by atoms with Gasteiger partial charge in [0.15, 0.2) is 5.16 Å². The third-order valence-corrected chi connectivity index (χ3v) is 5.17. The van der Waals surface area contributed by atoms with Crippen LogP contribution in [0.4, 0.5) is 5.69 Å². The van der Waals surface area contributed by atoms with Crippen LogP contribution in [0.25, 0.3) is 10.9 Å². The third kappa shape index (κ3) is 4.47. The summed E-state index contributed by atoms with van der Waals surface area (Å²) >= 11 is 7.36. The number of nitro groups is 1. The van der Waals surface area contributed by atoms with Crippen molar-refractivity contribution in [2.24, 2.45) is 0 Å². The molecule has 0 unspecified atom stereocenters. The van der Waals surface area contributed by atoms with Crippen molar-refractivity contribution < 1.29 is 9.66 Å². The van der Waals surface area contributed by atoms with Gasteiger partial charge in [-0.1, -0.05) is 35.5 Å². The van der Waals surface area contributed by atoms with Crippen LogP contribution in [0.1, 0.15) is 5.56 Å². The van der Waals surface area contributed by atoms with Crippen LogP contribution in [-0.4, -0.2) is 28.2 Å². The van der Waals surface area contributed by atoms with Gasteiger partial charge < -0.3 is 4.74 Å². The molecule has 0 aliphatic rings. The molecule has 27 heavy (non-hydrogen) atoms. The van der Waals surface area contributed by atoms with Gasteiger partial charge in [-0.25, -0.2) is 4.98 Å². The van der Waals surface area contributed by atoms with Gasteiger partial charge in [-0.15, -0.1) is 0 Å². The Hall–Kier alpha value is -2.42. The lowest BCUT2D eigenvalue weighted by molar-refractivity contribution is -0.384. The van der Waals surface area contributed by atoms with Gasteiger partial charge >= 0.3 is 0 Å². The number of nitro benzene ring substituents is 1. The first-order valence-corrected chi connectivity index (χ1v) is 9.41. The molecule has 0 saturated heterocycles. The summed E-state index contributed by atoms with van der Waals surface area (Å²) in [5.41, 5.74) is 1.15. The van der Waals surface area contributed by atoms with Gasteiger partial charge in [-0.3, -0.25) is 19.5 Å². The molecule has 0 aliphatic carbocycles. The molecule has 140 valence electrons. The van der Waals surface area contributed by atoms with Crippen LogP contribution in [0, 0.1) is 10.1 Å². The maximum absolute atomic E-state index is 12.8. The molecular formula is C18H16ClN3O4S. The van der Waals surface area contributed by atoms with Gasteiger partial charge in [0.1, 0.15) is 0 Å². The largest absolute Gasteiger partial charge is 0.383 e. The van der Waals surface area contributed by atoms with E-state index >= 15 is 0 Å². The van der Waals surface area contributed by atoms with Crippen LogP contribution in [0.3, 0.4) is 0 Å². The Morgan fingerprint density at radius 1 is 1.30 bits per heavy atom. The van der Waals surface area contributed by atoms with Crippen LogP contribution in [0.15, 0.2) is 52.4 Å². The van der Waals surface area contributed by atoms with E-state index in [1.54, 1.807) is 42.0 Å². The molecule has 0 radical (unpaired) electrons. The summed E-state index contributed by atoms with van der Waals surface area (Å²) in [6, 6.07) is 11.4. The van der Waals surface area contributed by atoms with E-state index in [9.17, 15) is 14.9 Å². The van der Waals surface area contributed by atoms with Gasteiger partial charge in [-0.2, -0.15) is 0 Å². The molecule has 0 aliphatic heterocycles. The Morgan fingerprint density at radius 2 is 2.11 bits per heavy atom. The lowest BCUT2D eigenvalue weighted by Gasteiger charge is -2.13. The SMILES string of the molecule is COCCn1c(SCc2cccc([N+](=O)[O-])c2)nc2cc(Cl)ccc2c1=O. The zero-order valence-corrected chi connectivity index (χ0v) is 16.0. The third-order valence-electron chi connectivity index (χ3n) is 3.89. The van der Waals surface area contributed by atoms with Crippen LogP contribution in [0.2, 0.25) is 5.02 Å².